The lowest BCUT2D eigenvalue weighted by Gasteiger charge is -2.41. The molecule has 10 N–H and O–H groups in total. The van der Waals surface area contributed by atoms with Crippen molar-refractivity contribution in [1.29, 1.82) is 0 Å². The number of urea groups is 1. The van der Waals surface area contributed by atoms with Crippen LogP contribution >= 0.6 is 0 Å². The Morgan fingerprint density at radius 3 is 1.93 bits per heavy atom. The highest BCUT2D eigenvalue weighted by Gasteiger charge is 2.44. The summed E-state index contributed by atoms with van der Waals surface area (Å²) in [5.41, 5.74) is 5.92. The zero-order valence-electron chi connectivity index (χ0n) is 57.1. The second-order valence-electron chi connectivity index (χ2n) is 25.5. The summed E-state index contributed by atoms with van der Waals surface area (Å²) < 4.78 is 12.0. The number of amides is 12. The number of hydrogen-bond donors (Lipinski definition) is 9. The number of likely N-dealkylation sites (tertiary alicyclic amines) is 1. The highest BCUT2D eigenvalue weighted by Crippen LogP contribution is 2.30. The molecule has 0 saturated carbocycles. The van der Waals surface area contributed by atoms with Crippen molar-refractivity contribution in [3.8, 4) is 0 Å². The summed E-state index contributed by atoms with van der Waals surface area (Å²) in [6, 6.07) is 2.02. The van der Waals surface area contributed by atoms with E-state index < -0.39 is 132 Å². The van der Waals surface area contributed by atoms with Gasteiger partial charge < -0.3 is 77.1 Å². The number of carbonyl (C=O) groups excluding carboxylic acids is 11. The Morgan fingerprint density at radius 1 is 0.717 bits per heavy atom. The topological polar surface area (TPSA) is 353 Å². The van der Waals surface area contributed by atoms with Crippen molar-refractivity contribution in [2.24, 2.45) is 35.3 Å². The van der Waals surface area contributed by atoms with Crippen molar-refractivity contribution in [2.45, 2.75) is 181 Å². The predicted molar refractivity (Wildman–Crippen MR) is 347 cm³/mol. The molecule has 27 nitrogen and oxygen atoms in total. The molecule has 1 fully saturated rings. The van der Waals surface area contributed by atoms with E-state index in [-0.39, 0.29) is 61.8 Å². The second kappa shape index (κ2) is 39.5. The zero-order chi connectivity index (χ0) is 69.1. The summed E-state index contributed by atoms with van der Waals surface area (Å²) in [5, 5.41) is 30.5. The van der Waals surface area contributed by atoms with Crippen LogP contribution in [0, 0.1) is 29.6 Å². The summed E-state index contributed by atoms with van der Waals surface area (Å²) >= 11 is 0. The molecule has 92 heavy (non-hydrogen) atoms. The van der Waals surface area contributed by atoms with Gasteiger partial charge in [-0.3, -0.25) is 52.8 Å². The zero-order valence-corrected chi connectivity index (χ0v) is 57.1. The van der Waals surface area contributed by atoms with E-state index in [0.717, 1.165) is 0 Å². The van der Waals surface area contributed by atoms with Gasteiger partial charge in [-0.05, 0) is 81.9 Å². The summed E-state index contributed by atoms with van der Waals surface area (Å²) in [6.45, 7) is 20.2. The number of carbonyl (C=O) groups is 11. The van der Waals surface area contributed by atoms with Crippen LogP contribution in [0.2, 0.25) is 0 Å². The van der Waals surface area contributed by atoms with Crippen molar-refractivity contribution >= 4 is 65.1 Å². The minimum atomic E-state index is -1.24. The molecule has 1 saturated heterocycles. The number of benzene rings is 1. The molecule has 1 aromatic carbocycles. The first-order valence-electron chi connectivity index (χ1n) is 32.5. The van der Waals surface area contributed by atoms with Crippen LogP contribution in [0.4, 0.5) is 4.79 Å². The number of likely N-dealkylation sites (N-methyl/N-ethyl adjacent to an activating group) is 3. The van der Waals surface area contributed by atoms with Gasteiger partial charge >= 0.3 is 6.03 Å². The fourth-order valence-electron chi connectivity index (χ4n) is 11.8. The van der Waals surface area contributed by atoms with E-state index >= 15 is 0 Å². The molecule has 0 bridgehead atoms. The van der Waals surface area contributed by atoms with Gasteiger partial charge in [0.15, 0.2) is 0 Å². The number of nitrogens with two attached hydrogens (primary N) is 1. The van der Waals surface area contributed by atoms with Crippen molar-refractivity contribution in [3.63, 3.8) is 0 Å². The Kier molecular flexibility index (Phi) is 34.0. The molecule has 2 aliphatic heterocycles. The maximum Gasteiger partial charge on any atom is 0.312 e. The number of nitrogens with zero attached hydrogens (tertiary/aromatic N) is 5. The molecule has 1 aromatic rings. The molecule has 0 aromatic heterocycles. The van der Waals surface area contributed by atoms with Gasteiger partial charge in [-0.2, -0.15) is 0 Å². The van der Waals surface area contributed by atoms with Crippen molar-refractivity contribution in [3.05, 3.63) is 48.0 Å². The Morgan fingerprint density at radius 2 is 1.36 bits per heavy atom. The first-order valence-corrected chi connectivity index (χ1v) is 32.5. The number of ether oxygens (including phenoxy) is 2. The lowest BCUT2D eigenvalue weighted by molar-refractivity contribution is -0.148. The number of methoxy groups -OCH3 is 2. The highest BCUT2D eigenvalue weighted by atomic mass is 16.5. The van der Waals surface area contributed by atoms with Crippen LogP contribution in [0.1, 0.15) is 132 Å². The number of primary amides is 1. The standard InChI is InChI=1S/C65H109N13O14/c1-16-42(8)57(48(91-14)37-52(82)77-34-21-26-47(77)59(92-15)43(9)60(85)70-44(10)58(84)45-23-18-17-19-24-45)76(13)64(89)55(40(4)5)73-63(88)56(41(6)7)75(12)53(83)38-69-61(86)46(25-20-30-68-65(66)90)71-62(87)54(39(2)3)72-49(79)29-31-67-32-36-74(11)33-22-35-78-50(80)27-28-51(78)81/h17-19,23-24,27-28,39-44,46-48,54-59,67,84H,16,20-22,25-26,29-38H2,1-15H3,(H,69,86)(H,70,85)(H,71,87)(H,72,79)(H,73,88)(H3,66,68,90)/t42-,43+,44+,46?,47-,48+,54-,55-,56-,57-,58+,59+/m0/s1. The molecule has 2 heterocycles. The van der Waals surface area contributed by atoms with Gasteiger partial charge in [0, 0.05) is 86.2 Å². The van der Waals surface area contributed by atoms with Crippen LogP contribution < -0.4 is 43.0 Å². The predicted octanol–water partition coefficient (Wildman–Crippen LogP) is 1.19. The molecule has 3 rings (SSSR count). The third kappa shape index (κ3) is 24.1. The smallest absolute Gasteiger partial charge is 0.312 e. The molecular formula is C65H109N13O14. The number of hydrogen-bond acceptors (Lipinski definition) is 16. The van der Waals surface area contributed by atoms with Gasteiger partial charge in [0.05, 0.1) is 55.3 Å². The van der Waals surface area contributed by atoms with E-state index in [1.54, 1.807) is 79.5 Å². The molecule has 1 unspecified atom stereocenters. The van der Waals surface area contributed by atoms with Crippen molar-refractivity contribution < 1.29 is 67.3 Å². The van der Waals surface area contributed by atoms with E-state index in [0.29, 0.717) is 70.5 Å². The maximum absolute atomic E-state index is 14.8. The normalized spacial score (nSPS) is 17.7. The average molecular weight is 1300 g/mol. The first kappa shape index (κ1) is 79.2. The van der Waals surface area contributed by atoms with Crippen LogP contribution in [0.5, 0.6) is 0 Å². The maximum atomic E-state index is 14.8. The number of aliphatic hydroxyl groups excluding tert-OH is 1. The van der Waals surface area contributed by atoms with Gasteiger partial charge in [-0.15, -0.1) is 0 Å². The van der Waals surface area contributed by atoms with Gasteiger partial charge in [0.1, 0.15) is 24.2 Å². The average Bonchev–Trinajstić information content (AvgIpc) is 1.44. The highest BCUT2D eigenvalue weighted by molar-refractivity contribution is 6.12. The Hall–Kier alpha value is -7.07. The van der Waals surface area contributed by atoms with E-state index in [1.807, 2.05) is 44.0 Å². The third-order valence-corrected chi connectivity index (χ3v) is 17.5. The van der Waals surface area contributed by atoms with E-state index in [4.69, 9.17) is 15.2 Å². The third-order valence-electron chi connectivity index (χ3n) is 17.5. The lowest BCUT2D eigenvalue weighted by atomic mass is 9.89. The molecule has 0 aliphatic carbocycles. The van der Waals surface area contributed by atoms with Crippen LogP contribution in [-0.4, -0.2) is 237 Å². The molecule has 0 radical (unpaired) electrons. The minimum absolute atomic E-state index is 0.00199. The van der Waals surface area contributed by atoms with Gasteiger partial charge in [0.25, 0.3) is 11.8 Å². The Bertz CT molecular complexity index is 2610. The Balaban J connectivity index is 1.68. The number of nitrogens with one attached hydrogen (secondary N) is 7. The van der Waals surface area contributed by atoms with Crippen molar-refractivity contribution in [1.82, 2.24) is 61.7 Å². The molecule has 12 atom stereocenters. The van der Waals surface area contributed by atoms with Crippen LogP contribution in [0.15, 0.2) is 42.5 Å². The largest absolute Gasteiger partial charge is 0.386 e. The summed E-state index contributed by atoms with van der Waals surface area (Å²) in [5.74, 6) is -7.04. The number of rotatable bonds is 41. The molecule has 27 heteroatoms. The summed E-state index contributed by atoms with van der Waals surface area (Å²) in [7, 11) is 7.93. The summed E-state index contributed by atoms with van der Waals surface area (Å²) in [6.07, 6.45) is 2.66. The molecule has 2 aliphatic rings. The Labute approximate surface area is 544 Å². The van der Waals surface area contributed by atoms with Crippen LogP contribution in [0.3, 0.4) is 0 Å². The monoisotopic (exact) mass is 1300 g/mol. The van der Waals surface area contributed by atoms with Crippen molar-refractivity contribution in [2.75, 3.05) is 87.7 Å². The molecule has 0 spiro atoms. The number of imide groups is 1. The molecule has 12 amide bonds. The van der Waals surface area contributed by atoms with E-state index in [1.165, 1.54) is 48.1 Å². The lowest BCUT2D eigenvalue weighted by Crippen LogP contribution is -2.61. The number of aliphatic hydroxyl groups is 1. The van der Waals surface area contributed by atoms with Gasteiger partial charge in [-0.1, -0.05) is 99.1 Å². The summed E-state index contributed by atoms with van der Waals surface area (Å²) in [4.78, 5) is 155. The molecule has 518 valence electrons. The van der Waals surface area contributed by atoms with E-state index in [2.05, 4.69) is 37.2 Å². The SMILES string of the molecule is CC[C@H](C)[C@@H]([C@@H](CC(=O)N1CCC[C@H]1[C@H](OC)[C@@H](C)C(=O)N[C@H](C)[C@@H](O)c1ccccc1)OC)N(C)C(=O)[C@@H](NC(=O)[C@H](C(C)C)N(C)C(=O)CNC(=O)C(CCCNC(N)=O)NC(=O)[C@@H](NC(=O)CCNCCN(C)CCCN1C(=O)C=CC1=O)C(C)C)C(C)C. The van der Waals surface area contributed by atoms with E-state index in [9.17, 15) is 57.8 Å². The second-order valence-corrected chi connectivity index (χ2v) is 25.5. The fourth-order valence-corrected chi connectivity index (χ4v) is 11.8. The van der Waals surface area contributed by atoms with Gasteiger partial charge in [0.2, 0.25) is 47.3 Å². The quantitative estimate of drug-likeness (QED) is 0.0328. The molecular weight excluding hydrogens is 1190 g/mol. The van der Waals surface area contributed by atoms with Crippen LogP contribution in [0.25, 0.3) is 0 Å². The fraction of sp³-hybridized carbons (Fsp3) is 0.708. The minimum Gasteiger partial charge on any atom is -0.386 e. The van der Waals surface area contributed by atoms with Gasteiger partial charge in [-0.25, -0.2) is 4.79 Å². The first-order chi connectivity index (χ1) is 43.4. The van der Waals surface area contributed by atoms with Crippen LogP contribution in [-0.2, 0) is 57.4 Å².